The first kappa shape index (κ1) is 23.8. The number of nitro benzene ring substituents is 1. The van der Waals surface area contributed by atoms with Gasteiger partial charge in [0.2, 0.25) is 5.91 Å². The molecule has 1 aliphatic carbocycles. The molecule has 0 unspecified atom stereocenters. The lowest BCUT2D eigenvalue weighted by atomic mass is 9.78. The number of nitro groups is 1. The van der Waals surface area contributed by atoms with Crippen molar-refractivity contribution in [3.8, 4) is 0 Å². The van der Waals surface area contributed by atoms with Crippen molar-refractivity contribution in [1.82, 2.24) is 0 Å². The van der Waals surface area contributed by atoms with E-state index in [1.165, 1.54) is 12.1 Å². The minimum Gasteiger partial charge on any atom is -0.357 e. The molecule has 0 saturated heterocycles. The Bertz CT molecular complexity index is 1400. The van der Waals surface area contributed by atoms with E-state index in [1.807, 2.05) is 48.5 Å². The number of benzene rings is 3. The van der Waals surface area contributed by atoms with E-state index in [0.717, 1.165) is 11.3 Å². The first-order valence-corrected chi connectivity index (χ1v) is 12.2. The Morgan fingerprint density at radius 1 is 1.06 bits per heavy atom. The summed E-state index contributed by atoms with van der Waals surface area (Å²) in [6, 6.07) is 20.3. The SMILES string of the molecule is CCC(=O)N1c2ccccc2NC2=C(C(=O)C[C@@H](c3ccc(Cl)cc3)C2)[C@H]1c1cccc([N+](=O)[O-])c1. The Hall–Kier alpha value is -3.97. The number of anilines is 2. The predicted molar refractivity (Wildman–Crippen MR) is 139 cm³/mol. The second-order valence-electron chi connectivity index (χ2n) is 8.99. The molecule has 1 heterocycles. The molecule has 3 aromatic rings. The van der Waals surface area contributed by atoms with E-state index >= 15 is 0 Å². The topological polar surface area (TPSA) is 92.6 Å². The van der Waals surface area contributed by atoms with Crippen molar-refractivity contribution < 1.29 is 14.5 Å². The Labute approximate surface area is 213 Å². The Morgan fingerprint density at radius 2 is 1.81 bits per heavy atom. The number of hydrogen-bond donors (Lipinski definition) is 1. The zero-order chi connectivity index (χ0) is 25.4. The lowest BCUT2D eigenvalue weighted by Gasteiger charge is -2.35. The van der Waals surface area contributed by atoms with Gasteiger partial charge in [-0.05, 0) is 47.7 Å². The highest BCUT2D eigenvalue weighted by atomic mass is 35.5. The molecule has 0 radical (unpaired) electrons. The summed E-state index contributed by atoms with van der Waals surface area (Å²) in [4.78, 5) is 40.0. The van der Waals surface area contributed by atoms with Crippen molar-refractivity contribution in [1.29, 1.82) is 0 Å². The fraction of sp³-hybridized carbons (Fsp3) is 0.214. The first-order valence-electron chi connectivity index (χ1n) is 11.8. The summed E-state index contributed by atoms with van der Waals surface area (Å²) >= 11 is 6.08. The lowest BCUT2D eigenvalue weighted by molar-refractivity contribution is -0.384. The quantitative estimate of drug-likeness (QED) is 0.323. The van der Waals surface area contributed by atoms with Crippen LogP contribution >= 0.6 is 11.6 Å². The van der Waals surface area contributed by atoms with Gasteiger partial charge in [0.1, 0.15) is 0 Å². The highest BCUT2D eigenvalue weighted by Gasteiger charge is 2.41. The molecule has 0 saturated carbocycles. The van der Waals surface area contributed by atoms with Crippen LogP contribution in [0.25, 0.3) is 0 Å². The number of fused-ring (bicyclic) bond motifs is 1. The molecule has 3 aromatic carbocycles. The number of allylic oxidation sites excluding steroid dienone is 1. The van der Waals surface area contributed by atoms with Crippen molar-refractivity contribution in [2.24, 2.45) is 0 Å². The number of hydrogen-bond acceptors (Lipinski definition) is 5. The van der Waals surface area contributed by atoms with Gasteiger partial charge in [-0.3, -0.25) is 24.6 Å². The van der Waals surface area contributed by atoms with Gasteiger partial charge < -0.3 is 5.32 Å². The molecular weight excluding hydrogens is 478 g/mol. The van der Waals surface area contributed by atoms with Crippen molar-refractivity contribution in [2.45, 2.75) is 38.1 Å². The molecule has 0 aromatic heterocycles. The molecular formula is C28H24ClN3O4. The maximum Gasteiger partial charge on any atom is 0.269 e. The van der Waals surface area contributed by atoms with Crippen LogP contribution in [0.2, 0.25) is 5.02 Å². The Kier molecular flexibility index (Phi) is 6.33. The van der Waals surface area contributed by atoms with E-state index in [-0.39, 0.29) is 36.1 Å². The molecule has 2 aliphatic rings. The van der Waals surface area contributed by atoms with Gasteiger partial charge in [-0.25, -0.2) is 0 Å². The van der Waals surface area contributed by atoms with Crippen LogP contribution in [0.15, 0.2) is 84.1 Å². The van der Waals surface area contributed by atoms with Crippen LogP contribution in [-0.2, 0) is 9.59 Å². The number of amides is 1. The van der Waals surface area contributed by atoms with Crippen LogP contribution in [0.5, 0.6) is 0 Å². The van der Waals surface area contributed by atoms with E-state index in [9.17, 15) is 19.7 Å². The molecule has 1 N–H and O–H groups in total. The number of halogens is 1. The number of nitrogens with zero attached hydrogens (tertiary/aromatic N) is 2. The standard InChI is InChI=1S/C28H24ClN3O4/c1-2-26(34)31-24-9-4-3-8-22(24)30-23-15-19(17-10-12-20(29)13-11-17)16-25(33)27(23)28(31)18-6-5-7-21(14-18)32(35)36/h3-14,19,28,30H,2,15-16H2,1H3/t19-,28+/m0/s1. The minimum absolute atomic E-state index is 0.0626. The molecule has 7 nitrogen and oxygen atoms in total. The first-order chi connectivity index (χ1) is 17.4. The third kappa shape index (κ3) is 4.27. The molecule has 5 rings (SSSR count). The lowest BCUT2D eigenvalue weighted by Crippen LogP contribution is -2.38. The minimum atomic E-state index is -0.790. The monoisotopic (exact) mass is 501 g/mol. The van der Waals surface area contributed by atoms with E-state index in [1.54, 1.807) is 24.0 Å². The van der Waals surface area contributed by atoms with Gasteiger partial charge >= 0.3 is 0 Å². The Morgan fingerprint density at radius 3 is 2.53 bits per heavy atom. The van der Waals surface area contributed by atoms with Crippen molar-refractivity contribution in [2.75, 3.05) is 10.2 Å². The van der Waals surface area contributed by atoms with Crippen LogP contribution < -0.4 is 10.2 Å². The number of para-hydroxylation sites is 2. The largest absolute Gasteiger partial charge is 0.357 e. The summed E-state index contributed by atoms with van der Waals surface area (Å²) in [6.07, 6.45) is 1.03. The van der Waals surface area contributed by atoms with E-state index < -0.39 is 11.0 Å². The van der Waals surface area contributed by atoms with Gasteiger partial charge in [-0.1, -0.05) is 54.9 Å². The van der Waals surface area contributed by atoms with Crippen molar-refractivity contribution in [3.63, 3.8) is 0 Å². The summed E-state index contributed by atoms with van der Waals surface area (Å²) in [5, 5.41) is 15.6. The van der Waals surface area contributed by atoms with Crippen molar-refractivity contribution >= 4 is 40.4 Å². The fourth-order valence-electron chi connectivity index (χ4n) is 5.13. The van der Waals surface area contributed by atoms with Crippen LogP contribution in [0.3, 0.4) is 0 Å². The summed E-state index contributed by atoms with van der Waals surface area (Å²) in [5.74, 6) is -0.337. The Balaban J connectivity index is 1.72. The molecule has 1 aliphatic heterocycles. The molecule has 1 amide bonds. The van der Waals surface area contributed by atoms with E-state index in [0.29, 0.717) is 34.0 Å². The number of non-ortho nitro benzene ring substituents is 1. The van der Waals surface area contributed by atoms with Crippen LogP contribution in [0, 0.1) is 10.1 Å². The zero-order valence-electron chi connectivity index (χ0n) is 19.6. The zero-order valence-corrected chi connectivity index (χ0v) is 20.4. The molecule has 2 atom stereocenters. The third-order valence-corrected chi connectivity index (χ3v) is 7.05. The molecule has 0 bridgehead atoms. The molecule has 0 spiro atoms. The molecule has 0 fully saturated rings. The van der Waals surface area contributed by atoms with Crippen LogP contribution in [-0.4, -0.2) is 16.6 Å². The normalized spacial score (nSPS) is 19.2. The third-order valence-electron chi connectivity index (χ3n) is 6.80. The van der Waals surface area contributed by atoms with Gasteiger partial charge in [0, 0.05) is 41.3 Å². The van der Waals surface area contributed by atoms with Gasteiger partial charge in [-0.2, -0.15) is 0 Å². The highest BCUT2D eigenvalue weighted by Crippen LogP contribution is 2.47. The second-order valence-corrected chi connectivity index (χ2v) is 9.42. The van der Waals surface area contributed by atoms with E-state index in [2.05, 4.69) is 5.32 Å². The molecule has 182 valence electrons. The maximum absolute atomic E-state index is 13.8. The summed E-state index contributed by atoms with van der Waals surface area (Å²) in [7, 11) is 0. The molecule has 36 heavy (non-hydrogen) atoms. The number of carbonyl (C=O) groups excluding carboxylic acids is 2. The number of ketones is 1. The summed E-state index contributed by atoms with van der Waals surface area (Å²) < 4.78 is 0. The number of carbonyl (C=O) groups is 2. The molecule has 8 heteroatoms. The van der Waals surface area contributed by atoms with Gasteiger partial charge in [0.25, 0.3) is 5.69 Å². The number of rotatable bonds is 4. The van der Waals surface area contributed by atoms with Gasteiger partial charge in [0.05, 0.1) is 22.3 Å². The summed E-state index contributed by atoms with van der Waals surface area (Å²) in [6.45, 7) is 1.77. The smallest absolute Gasteiger partial charge is 0.269 e. The fourth-order valence-corrected chi connectivity index (χ4v) is 5.26. The predicted octanol–water partition coefficient (Wildman–Crippen LogP) is 6.56. The van der Waals surface area contributed by atoms with E-state index in [4.69, 9.17) is 11.6 Å². The average molecular weight is 502 g/mol. The highest BCUT2D eigenvalue weighted by molar-refractivity contribution is 6.30. The second kappa shape index (κ2) is 9.59. The average Bonchev–Trinajstić information content (AvgIpc) is 3.03. The van der Waals surface area contributed by atoms with Crippen LogP contribution in [0.1, 0.15) is 49.3 Å². The summed E-state index contributed by atoms with van der Waals surface area (Å²) in [5.41, 5.74) is 3.98. The number of nitrogens with one attached hydrogen (secondary N) is 1. The maximum atomic E-state index is 13.8. The van der Waals surface area contributed by atoms with Gasteiger partial charge in [0.15, 0.2) is 5.78 Å². The van der Waals surface area contributed by atoms with Gasteiger partial charge in [-0.15, -0.1) is 0 Å². The number of Topliss-reactive ketones (excluding diaryl/α,β-unsaturated/α-hetero) is 1. The van der Waals surface area contributed by atoms with Crippen LogP contribution in [0.4, 0.5) is 17.1 Å². The van der Waals surface area contributed by atoms with Crippen molar-refractivity contribution in [3.05, 3.63) is 110 Å².